The fourth-order valence-corrected chi connectivity index (χ4v) is 0.629. The molecule has 0 amide bonds. The summed E-state index contributed by atoms with van der Waals surface area (Å²) in [5, 5.41) is 47.2. The van der Waals surface area contributed by atoms with Gasteiger partial charge in [0.15, 0.2) is 0 Å². The van der Waals surface area contributed by atoms with Gasteiger partial charge in [0.1, 0.15) is 6.10 Å². The summed E-state index contributed by atoms with van der Waals surface area (Å²) in [6.45, 7) is -0.797. The molecular weight excluding hydrogens is 184 g/mol. The van der Waals surface area contributed by atoms with Crippen molar-refractivity contribution in [3.8, 4) is 0 Å². The summed E-state index contributed by atoms with van der Waals surface area (Å²) in [6, 6.07) is 0. The molecule has 0 unspecified atom stereocenters. The largest absolute Gasteiger partial charge is 0.477 e. The number of hydrogen-bond acceptors (Lipinski definition) is 6. The van der Waals surface area contributed by atoms with Crippen LogP contribution in [-0.4, -0.2) is 62.6 Å². The number of carbonyl (C=O) groups is 1. The maximum absolute atomic E-state index is 10.3. The zero-order valence-corrected chi connectivity index (χ0v) is 6.62. The first-order valence-electron chi connectivity index (χ1n) is 3.85. The number of hydrogen-bond donors (Lipinski definition) is 6. The van der Waals surface area contributed by atoms with Crippen LogP contribution in [0.25, 0.3) is 0 Å². The SMILES string of the molecule is [2H]O[C@@](O)(C[C@H](O)[C@H](O)CO)C(=O)O. The van der Waals surface area contributed by atoms with E-state index in [-0.39, 0.29) is 0 Å². The fourth-order valence-electron chi connectivity index (χ4n) is 0.629. The number of rotatable bonds is 6. The Labute approximate surface area is 75.0 Å². The molecule has 0 saturated heterocycles. The highest BCUT2D eigenvalue weighted by atomic mass is 16.5. The van der Waals surface area contributed by atoms with Crippen molar-refractivity contribution in [3.63, 3.8) is 0 Å². The van der Waals surface area contributed by atoms with Gasteiger partial charge < -0.3 is 30.6 Å². The minimum atomic E-state index is -2.89. The Bertz CT molecular complexity index is 199. The molecule has 6 N–H and O–H groups in total. The second kappa shape index (κ2) is 4.49. The molecule has 7 heteroatoms. The van der Waals surface area contributed by atoms with Gasteiger partial charge in [-0.3, -0.25) is 0 Å². The van der Waals surface area contributed by atoms with Crippen LogP contribution in [0.2, 0.25) is 0 Å². The smallest absolute Gasteiger partial charge is 0.364 e. The average molecular weight is 197 g/mol. The minimum Gasteiger partial charge on any atom is -0.477 e. The number of aliphatic hydroxyl groups is 5. The summed E-state index contributed by atoms with van der Waals surface area (Å²) in [5.74, 6) is -4.76. The zero-order valence-electron chi connectivity index (χ0n) is 7.62. The van der Waals surface area contributed by atoms with E-state index in [2.05, 4.69) is 5.11 Å². The van der Waals surface area contributed by atoms with Crippen molar-refractivity contribution in [1.29, 1.82) is 1.43 Å². The van der Waals surface area contributed by atoms with Crippen molar-refractivity contribution < 1.29 is 35.4 Å². The third-order valence-corrected chi connectivity index (χ3v) is 1.45. The molecule has 3 atom stereocenters. The van der Waals surface area contributed by atoms with Gasteiger partial charge in [-0.15, -0.1) is 0 Å². The molecule has 0 aliphatic rings. The number of carboxylic acids is 1. The standard InChI is InChI=1S/C6H12O7/c7-2-4(9)3(8)1-6(12,13)5(10)11/h3-4,7-9,12-13H,1-2H2,(H,10,11)/t3-,4+/m0/s1/i12D/t3-,4+,6+. The molecule has 7 nitrogen and oxygen atoms in total. The number of aliphatic hydroxyl groups excluding tert-OH is 3. The summed E-state index contributed by atoms with van der Waals surface area (Å²) in [7, 11) is 0. The monoisotopic (exact) mass is 197 g/mol. The molecule has 78 valence electrons. The molecule has 0 bridgehead atoms. The minimum absolute atomic E-state index is 0.797. The molecule has 0 aliphatic carbocycles. The van der Waals surface area contributed by atoms with Crippen LogP contribution >= 0.6 is 0 Å². The van der Waals surface area contributed by atoms with Crippen LogP contribution in [0, 0.1) is 0 Å². The van der Waals surface area contributed by atoms with Gasteiger partial charge in [0.25, 0.3) is 5.79 Å². The number of aliphatic carboxylic acids is 1. The van der Waals surface area contributed by atoms with E-state index in [9.17, 15) is 4.79 Å². The first-order chi connectivity index (χ1) is 6.37. The molecule has 0 fully saturated rings. The van der Waals surface area contributed by atoms with E-state index in [1.807, 2.05) is 0 Å². The molecule has 0 aromatic heterocycles. The van der Waals surface area contributed by atoms with E-state index in [4.69, 9.17) is 27.0 Å². The zero-order chi connectivity index (χ0) is 11.4. The van der Waals surface area contributed by atoms with Crippen molar-refractivity contribution in [1.82, 2.24) is 0 Å². The highest BCUT2D eigenvalue weighted by molar-refractivity contribution is 5.74. The second-order valence-corrected chi connectivity index (χ2v) is 2.61. The summed E-state index contributed by atoms with van der Waals surface area (Å²) in [6.07, 6.45) is -4.23. The van der Waals surface area contributed by atoms with E-state index >= 15 is 0 Å². The Hall–Kier alpha value is -0.730. The van der Waals surface area contributed by atoms with Gasteiger partial charge in [-0.25, -0.2) is 4.79 Å². The van der Waals surface area contributed by atoms with Gasteiger partial charge in [0.2, 0.25) is 1.43 Å². The van der Waals surface area contributed by atoms with Crippen LogP contribution in [0.15, 0.2) is 0 Å². The maximum atomic E-state index is 10.3. The maximum Gasteiger partial charge on any atom is 0.364 e. The first kappa shape index (κ1) is 10.4. The van der Waals surface area contributed by atoms with Gasteiger partial charge >= 0.3 is 5.97 Å². The molecule has 0 aromatic rings. The molecule has 0 spiro atoms. The summed E-state index contributed by atoms with van der Waals surface area (Å²) < 4.78 is 6.29. The number of carboxylic acid groups (broad SMARTS) is 1. The second-order valence-electron chi connectivity index (χ2n) is 2.61. The lowest BCUT2D eigenvalue weighted by atomic mass is 10.0. The molecule has 13 heavy (non-hydrogen) atoms. The van der Waals surface area contributed by atoms with E-state index in [1.54, 1.807) is 0 Å². The highest BCUT2D eigenvalue weighted by Crippen LogP contribution is 2.11. The van der Waals surface area contributed by atoms with Crippen LogP contribution in [0.5, 0.6) is 0 Å². The Morgan fingerprint density at radius 2 is 2.00 bits per heavy atom. The predicted octanol–water partition coefficient (Wildman–Crippen LogP) is -3.14. The van der Waals surface area contributed by atoms with E-state index in [0.29, 0.717) is 0 Å². The molecule has 0 aromatic carbocycles. The van der Waals surface area contributed by atoms with Crippen LogP contribution in [-0.2, 0) is 4.79 Å². The van der Waals surface area contributed by atoms with E-state index < -0.39 is 37.0 Å². The van der Waals surface area contributed by atoms with Gasteiger partial charge in [-0.05, 0) is 0 Å². The van der Waals surface area contributed by atoms with Gasteiger partial charge in [-0.1, -0.05) is 0 Å². The Morgan fingerprint density at radius 3 is 2.31 bits per heavy atom. The van der Waals surface area contributed by atoms with Crippen LogP contribution < -0.4 is 0 Å². The molecule has 0 saturated carbocycles. The lowest BCUT2D eigenvalue weighted by Gasteiger charge is -2.22. The fraction of sp³-hybridized carbons (Fsp3) is 0.833. The Balaban J connectivity index is 4.39. The van der Waals surface area contributed by atoms with Gasteiger partial charge in [0.05, 0.1) is 12.7 Å². The van der Waals surface area contributed by atoms with E-state index in [0.717, 1.165) is 0 Å². The first-order valence-corrected chi connectivity index (χ1v) is 3.44. The highest BCUT2D eigenvalue weighted by Gasteiger charge is 2.37. The van der Waals surface area contributed by atoms with Crippen molar-refractivity contribution in [3.05, 3.63) is 0 Å². The molecule has 0 rings (SSSR count). The van der Waals surface area contributed by atoms with E-state index in [1.165, 1.54) is 0 Å². The van der Waals surface area contributed by atoms with Crippen LogP contribution in [0.1, 0.15) is 6.42 Å². The van der Waals surface area contributed by atoms with Crippen molar-refractivity contribution in [2.75, 3.05) is 6.61 Å². The van der Waals surface area contributed by atoms with Crippen molar-refractivity contribution in [2.24, 2.45) is 0 Å². The Kier molecular flexibility index (Phi) is 3.58. The van der Waals surface area contributed by atoms with Crippen LogP contribution in [0.4, 0.5) is 0 Å². The third-order valence-electron chi connectivity index (χ3n) is 1.45. The van der Waals surface area contributed by atoms with Gasteiger partial charge in [0, 0.05) is 6.42 Å². The topological polar surface area (TPSA) is 138 Å². The average Bonchev–Trinajstić information content (AvgIpc) is 2.15. The quantitative estimate of drug-likeness (QED) is 0.247. The lowest BCUT2D eigenvalue weighted by molar-refractivity contribution is -0.216. The van der Waals surface area contributed by atoms with Crippen LogP contribution in [0.3, 0.4) is 0 Å². The Morgan fingerprint density at radius 1 is 1.46 bits per heavy atom. The lowest BCUT2D eigenvalue weighted by Crippen LogP contribution is -2.45. The molecule has 0 heterocycles. The summed E-state index contributed by atoms with van der Waals surface area (Å²) >= 11 is 0. The normalized spacial score (nSPS) is 21.4. The van der Waals surface area contributed by atoms with Gasteiger partial charge in [-0.2, -0.15) is 0 Å². The molecular formula is C6H12O7. The molecule has 0 radical (unpaired) electrons. The summed E-state index contributed by atoms with van der Waals surface area (Å²) in [4.78, 5) is 10.3. The van der Waals surface area contributed by atoms with Crippen molar-refractivity contribution in [2.45, 2.75) is 24.4 Å². The predicted molar refractivity (Wildman–Crippen MR) is 38.5 cm³/mol. The molecule has 0 aliphatic heterocycles. The third kappa shape index (κ3) is 3.66. The summed E-state index contributed by atoms with van der Waals surface area (Å²) in [5.41, 5.74) is 0. The van der Waals surface area contributed by atoms with Crippen molar-refractivity contribution >= 4 is 5.97 Å².